The summed E-state index contributed by atoms with van der Waals surface area (Å²) in [5, 5.41) is 6.02. The molecule has 0 fully saturated rings. The van der Waals surface area contributed by atoms with E-state index in [9.17, 15) is 4.79 Å². The van der Waals surface area contributed by atoms with Crippen LogP contribution in [0.4, 0.5) is 5.13 Å². The van der Waals surface area contributed by atoms with Crippen LogP contribution >= 0.6 is 22.9 Å². The molecule has 0 saturated carbocycles. The molecule has 0 atom stereocenters. The first-order valence-electron chi connectivity index (χ1n) is 9.07. The Hall–Kier alpha value is -2.41. The van der Waals surface area contributed by atoms with E-state index in [2.05, 4.69) is 39.5 Å². The number of aromatic nitrogens is 1. The first-order valence-corrected chi connectivity index (χ1v) is 10.3. The molecule has 1 aliphatic heterocycles. The molecule has 2 heterocycles. The molecule has 7 heteroatoms. The van der Waals surface area contributed by atoms with Crippen LogP contribution in [-0.2, 0) is 24.3 Å². The molecular weight excluding hydrogens is 394 g/mol. The Morgan fingerprint density at radius 3 is 2.79 bits per heavy atom. The monoisotopic (exact) mass is 413 g/mol. The highest BCUT2D eigenvalue weighted by atomic mass is 35.5. The van der Waals surface area contributed by atoms with E-state index in [1.165, 1.54) is 22.5 Å². The van der Waals surface area contributed by atoms with Crippen LogP contribution < -0.4 is 10.1 Å². The van der Waals surface area contributed by atoms with Gasteiger partial charge >= 0.3 is 0 Å². The van der Waals surface area contributed by atoms with E-state index in [1.54, 1.807) is 24.3 Å². The van der Waals surface area contributed by atoms with Crippen molar-refractivity contribution < 1.29 is 9.53 Å². The maximum atomic E-state index is 12.1. The average Bonchev–Trinajstić information content (AvgIpc) is 3.14. The van der Waals surface area contributed by atoms with E-state index in [4.69, 9.17) is 16.3 Å². The van der Waals surface area contributed by atoms with Crippen LogP contribution in [0.5, 0.6) is 5.75 Å². The fraction of sp³-hybridized carbons (Fsp3) is 0.238. The van der Waals surface area contributed by atoms with Crippen molar-refractivity contribution in [1.82, 2.24) is 9.88 Å². The highest BCUT2D eigenvalue weighted by Crippen LogP contribution is 2.22. The molecule has 144 valence electrons. The van der Waals surface area contributed by atoms with Gasteiger partial charge in [0.15, 0.2) is 11.7 Å². The summed E-state index contributed by atoms with van der Waals surface area (Å²) in [6, 6.07) is 15.5. The van der Waals surface area contributed by atoms with Crippen molar-refractivity contribution in [3.8, 4) is 5.75 Å². The molecule has 0 spiro atoms. The van der Waals surface area contributed by atoms with Crippen LogP contribution in [0.3, 0.4) is 0 Å². The topological polar surface area (TPSA) is 54.5 Å². The standard InChI is InChI=1S/C21H20ClN3O2S/c22-17-5-7-19(8-6-17)27-13-20(26)24-21-23-18(14-28-21)12-25-10-9-15-3-1-2-4-16(15)11-25/h1-8,14H,9-13H2,(H,23,24,26). The third-order valence-corrected chi connectivity index (χ3v) is 5.64. The van der Waals surface area contributed by atoms with Gasteiger partial charge in [0.05, 0.1) is 5.69 Å². The molecule has 0 aliphatic carbocycles. The summed E-state index contributed by atoms with van der Waals surface area (Å²) in [6.45, 7) is 2.66. The second kappa shape index (κ2) is 8.73. The first-order chi connectivity index (χ1) is 13.7. The SMILES string of the molecule is O=C(COc1ccc(Cl)cc1)Nc1nc(CN2CCc3ccccc3C2)cs1. The molecule has 3 aromatic rings. The summed E-state index contributed by atoms with van der Waals surface area (Å²) >= 11 is 7.27. The Balaban J connectivity index is 1.27. The lowest BCUT2D eigenvalue weighted by atomic mass is 10.00. The Labute approximate surface area is 172 Å². The summed E-state index contributed by atoms with van der Waals surface area (Å²) < 4.78 is 5.45. The lowest BCUT2D eigenvalue weighted by molar-refractivity contribution is -0.118. The lowest BCUT2D eigenvalue weighted by Gasteiger charge is -2.27. The van der Waals surface area contributed by atoms with Gasteiger partial charge < -0.3 is 4.74 Å². The van der Waals surface area contributed by atoms with E-state index in [0.717, 1.165) is 31.7 Å². The molecular formula is C21H20ClN3O2S. The Morgan fingerprint density at radius 2 is 1.96 bits per heavy atom. The van der Waals surface area contributed by atoms with Crippen molar-refractivity contribution in [1.29, 1.82) is 0 Å². The third kappa shape index (κ3) is 4.90. The predicted octanol–water partition coefficient (Wildman–Crippen LogP) is 4.37. The van der Waals surface area contributed by atoms with Gasteiger partial charge in [-0.2, -0.15) is 0 Å². The van der Waals surface area contributed by atoms with Gasteiger partial charge in [0.2, 0.25) is 0 Å². The van der Waals surface area contributed by atoms with Gasteiger partial charge in [-0.25, -0.2) is 4.98 Å². The number of carbonyl (C=O) groups is 1. The number of nitrogens with one attached hydrogen (secondary N) is 1. The van der Waals surface area contributed by atoms with Crippen LogP contribution in [0.2, 0.25) is 5.02 Å². The molecule has 1 amide bonds. The number of rotatable bonds is 6. The van der Waals surface area contributed by atoms with E-state index in [0.29, 0.717) is 15.9 Å². The molecule has 1 N–H and O–H groups in total. The van der Waals surface area contributed by atoms with Crippen molar-refractivity contribution in [3.05, 3.63) is 75.8 Å². The average molecular weight is 414 g/mol. The van der Waals surface area contributed by atoms with Gasteiger partial charge in [-0.05, 0) is 41.8 Å². The zero-order valence-electron chi connectivity index (χ0n) is 15.2. The molecule has 1 aliphatic rings. The minimum atomic E-state index is -0.234. The number of nitrogens with zero attached hydrogens (tertiary/aromatic N) is 2. The number of amides is 1. The van der Waals surface area contributed by atoms with Gasteiger partial charge in [0, 0.05) is 30.0 Å². The highest BCUT2D eigenvalue weighted by molar-refractivity contribution is 7.13. The second-order valence-electron chi connectivity index (χ2n) is 6.66. The minimum Gasteiger partial charge on any atom is -0.484 e. The normalized spacial score (nSPS) is 13.8. The maximum absolute atomic E-state index is 12.1. The predicted molar refractivity (Wildman–Crippen MR) is 112 cm³/mol. The van der Waals surface area contributed by atoms with Crippen molar-refractivity contribution in [2.24, 2.45) is 0 Å². The van der Waals surface area contributed by atoms with Gasteiger partial charge in [-0.1, -0.05) is 35.9 Å². The molecule has 4 rings (SSSR count). The van der Waals surface area contributed by atoms with Crippen LogP contribution in [-0.4, -0.2) is 28.9 Å². The fourth-order valence-corrected chi connectivity index (χ4v) is 4.03. The van der Waals surface area contributed by atoms with E-state index >= 15 is 0 Å². The molecule has 28 heavy (non-hydrogen) atoms. The van der Waals surface area contributed by atoms with Crippen LogP contribution in [0, 0.1) is 0 Å². The summed E-state index contributed by atoms with van der Waals surface area (Å²) in [7, 11) is 0. The summed E-state index contributed by atoms with van der Waals surface area (Å²) in [5.74, 6) is 0.368. The number of halogens is 1. The molecule has 0 unspecified atom stereocenters. The van der Waals surface area contributed by atoms with Crippen molar-refractivity contribution in [3.63, 3.8) is 0 Å². The number of benzene rings is 2. The van der Waals surface area contributed by atoms with Crippen molar-refractivity contribution in [2.75, 3.05) is 18.5 Å². The number of anilines is 1. The first kappa shape index (κ1) is 18.9. The molecule has 2 aromatic carbocycles. The summed E-state index contributed by atoms with van der Waals surface area (Å²) in [4.78, 5) is 19.0. The lowest BCUT2D eigenvalue weighted by Crippen LogP contribution is -2.30. The summed E-state index contributed by atoms with van der Waals surface area (Å²) in [6.07, 6.45) is 1.06. The number of carbonyl (C=O) groups excluding carboxylic acids is 1. The molecule has 0 radical (unpaired) electrons. The van der Waals surface area contributed by atoms with Crippen molar-refractivity contribution >= 4 is 34.0 Å². The smallest absolute Gasteiger partial charge is 0.264 e. The number of thiazole rings is 1. The Kier molecular flexibility index (Phi) is 5.90. The largest absolute Gasteiger partial charge is 0.484 e. The number of fused-ring (bicyclic) bond motifs is 1. The second-order valence-corrected chi connectivity index (χ2v) is 7.96. The van der Waals surface area contributed by atoms with Crippen LogP contribution in [0.1, 0.15) is 16.8 Å². The zero-order chi connectivity index (χ0) is 19.3. The summed E-state index contributed by atoms with van der Waals surface area (Å²) in [5.41, 5.74) is 3.79. The van der Waals surface area contributed by atoms with Crippen molar-refractivity contribution in [2.45, 2.75) is 19.5 Å². The molecule has 0 saturated heterocycles. The quantitative estimate of drug-likeness (QED) is 0.651. The number of hydrogen-bond donors (Lipinski definition) is 1. The Bertz CT molecular complexity index is 958. The minimum absolute atomic E-state index is 0.0700. The fourth-order valence-electron chi connectivity index (χ4n) is 3.19. The number of ether oxygens (including phenoxy) is 1. The van der Waals surface area contributed by atoms with Gasteiger partial charge in [-0.3, -0.25) is 15.0 Å². The zero-order valence-corrected chi connectivity index (χ0v) is 16.8. The van der Waals surface area contributed by atoms with Gasteiger partial charge in [0.1, 0.15) is 5.75 Å². The van der Waals surface area contributed by atoms with E-state index in [1.807, 2.05) is 5.38 Å². The van der Waals surface area contributed by atoms with E-state index < -0.39 is 0 Å². The molecule has 1 aromatic heterocycles. The van der Waals surface area contributed by atoms with Crippen LogP contribution in [0.15, 0.2) is 53.9 Å². The van der Waals surface area contributed by atoms with Crippen LogP contribution in [0.25, 0.3) is 0 Å². The molecule has 0 bridgehead atoms. The van der Waals surface area contributed by atoms with E-state index in [-0.39, 0.29) is 12.5 Å². The number of hydrogen-bond acceptors (Lipinski definition) is 5. The van der Waals surface area contributed by atoms with Gasteiger partial charge in [-0.15, -0.1) is 11.3 Å². The maximum Gasteiger partial charge on any atom is 0.264 e. The third-order valence-electron chi connectivity index (χ3n) is 4.58. The highest BCUT2D eigenvalue weighted by Gasteiger charge is 2.17. The van der Waals surface area contributed by atoms with Gasteiger partial charge in [0.25, 0.3) is 5.91 Å². The molecule has 5 nitrogen and oxygen atoms in total. The Morgan fingerprint density at radius 1 is 1.18 bits per heavy atom.